The van der Waals surface area contributed by atoms with Crippen molar-refractivity contribution in [2.75, 3.05) is 6.79 Å². The van der Waals surface area contributed by atoms with Gasteiger partial charge in [0.2, 0.25) is 6.79 Å². The fraction of sp³-hybridized carbons (Fsp3) is 0.167. The van der Waals surface area contributed by atoms with Gasteiger partial charge in [-0.2, -0.15) is 5.10 Å². The second kappa shape index (κ2) is 6.14. The molecule has 0 fully saturated rings. The number of hydrogen-bond acceptors (Lipinski definition) is 4. The Kier molecular flexibility index (Phi) is 3.70. The second-order valence-corrected chi connectivity index (χ2v) is 5.43. The van der Waals surface area contributed by atoms with Gasteiger partial charge in [0, 0.05) is 18.7 Å². The molecule has 5 nitrogen and oxygen atoms in total. The van der Waals surface area contributed by atoms with Gasteiger partial charge < -0.3 is 14.8 Å². The summed E-state index contributed by atoms with van der Waals surface area (Å²) in [4.78, 5) is 0. The van der Waals surface area contributed by atoms with Gasteiger partial charge in [-0.1, -0.05) is 36.4 Å². The summed E-state index contributed by atoms with van der Waals surface area (Å²) in [6.45, 7) is 1.81. The van der Waals surface area contributed by atoms with Crippen molar-refractivity contribution in [1.29, 1.82) is 0 Å². The van der Waals surface area contributed by atoms with Gasteiger partial charge in [0.15, 0.2) is 11.5 Å². The van der Waals surface area contributed by atoms with Crippen LogP contribution in [0.5, 0.6) is 11.5 Å². The Balaban J connectivity index is 1.41. The first-order chi connectivity index (χ1) is 11.4. The van der Waals surface area contributed by atoms with Gasteiger partial charge in [0.05, 0.1) is 11.9 Å². The van der Waals surface area contributed by atoms with E-state index in [4.69, 9.17) is 9.47 Å². The lowest BCUT2D eigenvalue weighted by molar-refractivity contribution is 0.174. The highest BCUT2D eigenvalue weighted by molar-refractivity contribution is 5.62. The molecule has 2 aromatic carbocycles. The van der Waals surface area contributed by atoms with Crippen LogP contribution >= 0.6 is 0 Å². The van der Waals surface area contributed by atoms with Crippen LogP contribution in [0.15, 0.2) is 54.7 Å². The zero-order valence-electron chi connectivity index (χ0n) is 12.6. The van der Waals surface area contributed by atoms with Crippen LogP contribution in [0.1, 0.15) is 11.1 Å². The first kappa shape index (κ1) is 13.8. The third-order valence-corrected chi connectivity index (χ3v) is 3.86. The zero-order chi connectivity index (χ0) is 15.5. The van der Waals surface area contributed by atoms with Gasteiger partial charge in [-0.05, 0) is 23.3 Å². The molecule has 0 atom stereocenters. The van der Waals surface area contributed by atoms with E-state index in [0.717, 1.165) is 41.4 Å². The maximum absolute atomic E-state index is 5.40. The van der Waals surface area contributed by atoms with Crippen molar-refractivity contribution in [2.45, 2.75) is 13.1 Å². The third kappa shape index (κ3) is 2.91. The van der Waals surface area contributed by atoms with Crippen molar-refractivity contribution < 1.29 is 9.47 Å². The summed E-state index contributed by atoms with van der Waals surface area (Å²) in [5, 5.41) is 10.7. The van der Waals surface area contributed by atoms with Crippen molar-refractivity contribution in [3.8, 4) is 22.8 Å². The number of hydrogen-bond donors (Lipinski definition) is 2. The summed E-state index contributed by atoms with van der Waals surface area (Å²) >= 11 is 0. The molecule has 0 spiro atoms. The van der Waals surface area contributed by atoms with Crippen LogP contribution < -0.4 is 14.8 Å². The van der Waals surface area contributed by atoms with E-state index in [1.165, 1.54) is 5.56 Å². The number of benzene rings is 2. The van der Waals surface area contributed by atoms with Crippen LogP contribution in [0.3, 0.4) is 0 Å². The molecular weight excluding hydrogens is 290 g/mol. The van der Waals surface area contributed by atoms with Crippen molar-refractivity contribution in [2.24, 2.45) is 0 Å². The standard InChI is InChI=1S/C18H17N3O2/c1-2-4-14(5-3-1)18-15(11-20-21-18)10-19-9-13-6-7-16-17(8-13)23-12-22-16/h1-8,11,19H,9-10,12H2,(H,20,21). The van der Waals surface area contributed by atoms with Crippen LogP contribution in [0.4, 0.5) is 0 Å². The SMILES string of the molecule is c1ccc(-c2[nH]ncc2CNCc2ccc3c(c2)OCO3)cc1. The molecule has 0 amide bonds. The van der Waals surface area contributed by atoms with E-state index >= 15 is 0 Å². The Bertz CT molecular complexity index is 799. The minimum Gasteiger partial charge on any atom is -0.454 e. The maximum Gasteiger partial charge on any atom is 0.231 e. The molecule has 0 saturated carbocycles. The molecule has 0 unspecified atom stereocenters. The molecule has 1 aliphatic rings. The summed E-state index contributed by atoms with van der Waals surface area (Å²) in [6, 6.07) is 16.2. The fourth-order valence-corrected chi connectivity index (χ4v) is 2.69. The Morgan fingerprint density at radius 3 is 2.78 bits per heavy atom. The molecule has 116 valence electrons. The van der Waals surface area contributed by atoms with E-state index in [1.54, 1.807) is 0 Å². The third-order valence-electron chi connectivity index (χ3n) is 3.86. The van der Waals surface area contributed by atoms with Gasteiger partial charge in [-0.3, -0.25) is 5.10 Å². The highest BCUT2D eigenvalue weighted by Crippen LogP contribution is 2.32. The van der Waals surface area contributed by atoms with Crippen LogP contribution in [0.2, 0.25) is 0 Å². The molecule has 23 heavy (non-hydrogen) atoms. The number of H-pyrrole nitrogens is 1. The number of aromatic nitrogens is 2. The minimum atomic E-state index is 0.307. The van der Waals surface area contributed by atoms with Crippen LogP contribution in [0, 0.1) is 0 Å². The molecule has 2 heterocycles. The molecule has 0 aliphatic carbocycles. The van der Waals surface area contributed by atoms with Gasteiger partial charge in [0.1, 0.15) is 0 Å². The van der Waals surface area contributed by atoms with Crippen molar-refractivity contribution in [1.82, 2.24) is 15.5 Å². The monoisotopic (exact) mass is 307 g/mol. The lowest BCUT2D eigenvalue weighted by Crippen LogP contribution is -2.12. The van der Waals surface area contributed by atoms with Crippen LogP contribution in [-0.4, -0.2) is 17.0 Å². The number of fused-ring (bicyclic) bond motifs is 1. The molecular formula is C18H17N3O2. The Hall–Kier alpha value is -2.79. The summed E-state index contributed by atoms with van der Waals surface area (Å²) in [5.74, 6) is 1.63. The number of aromatic amines is 1. The summed E-state index contributed by atoms with van der Waals surface area (Å²) < 4.78 is 10.7. The Morgan fingerprint density at radius 1 is 1.00 bits per heavy atom. The van der Waals surface area contributed by atoms with E-state index in [-0.39, 0.29) is 0 Å². The van der Waals surface area contributed by atoms with E-state index in [9.17, 15) is 0 Å². The van der Waals surface area contributed by atoms with Gasteiger partial charge in [-0.25, -0.2) is 0 Å². The molecule has 1 aliphatic heterocycles. The molecule has 0 radical (unpaired) electrons. The van der Waals surface area contributed by atoms with Gasteiger partial charge >= 0.3 is 0 Å². The van der Waals surface area contributed by atoms with Gasteiger partial charge in [-0.15, -0.1) is 0 Å². The fourth-order valence-electron chi connectivity index (χ4n) is 2.69. The first-order valence-corrected chi connectivity index (χ1v) is 7.57. The van der Waals surface area contributed by atoms with Gasteiger partial charge in [0.25, 0.3) is 0 Å². The Labute approximate surface area is 134 Å². The Morgan fingerprint density at radius 2 is 1.87 bits per heavy atom. The highest BCUT2D eigenvalue weighted by Gasteiger charge is 2.13. The largest absolute Gasteiger partial charge is 0.454 e. The van der Waals surface area contributed by atoms with Crippen molar-refractivity contribution in [3.63, 3.8) is 0 Å². The van der Waals surface area contributed by atoms with E-state index in [0.29, 0.717) is 6.79 Å². The number of rotatable bonds is 5. The first-order valence-electron chi connectivity index (χ1n) is 7.57. The molecule has 3 aromatic rings. The van der Waals surface area contributed by atoms with Crippen LogP contribution in [-0.2, 0) is 13.1 Å². The van der Waals surface area contributed by atoms with E-state index in [2.05, 4.69) is 27.6 Å². The average molecular weight is 307 g/mol. The summed E-state index contributed by atoms with van der Waals surface area (Å²) in [7, 11) is 0. The quantitative estimate of drug-likeness (QED) is 0.760. The summed E-state index contributed by atoms with van der Waals surface area (Å²) in [5.41, 5.74) is 4.52. The maximum atomic E-state index is 5.40. The normalized spacial score (nSPS) is 12.5. The zero-order valence-corrected chi connectivity index (χ0v) is 12.6. The van der Waals surface area contributed by atoms with Crippen LogP contribution in [0.25, 0.3) is 11.3 Å². The smallest absolute Gasteiger partial charge is 0.231 e. The molecule has 4 rings (SSSR count). The molecule has 0 saturated heterocycles. The van der Waals surface area contributed by atoms with E-state index < -0.39 is 0 Å². The predicted molar refractivity (Wildman–Crippen MR) is 87.1 cm³/mol. The number of nitrogens with zero attached hydrogens (tertiary/aromatic N) is 1. The predicted octanol–water partition coefficient (Wildman–Crippen LogP) is 3.10. The number of nitrogens with one attached hydrogen (secondary N) is 2. The molecule has 5 heteroatoms. The minimum absolute atomic E-state index is 0.307. The van der Waals surface area contributed by atoms with E-state index in [1.807, 2.05) is 42.6 Å². The molecule has 2 N–H and O–H groups in total. The highest BCUT2D eigenvalue weighted by atomic mass is 16.7. The topological polar surface area (TPSA) is 59.2 Å². The lowest BCUT2D eigenvalue weighted by atomic mass is 10.1. The van der Waals surface area contributed by atoms with Crippen molar-refractivity contribution >= 4 is 0 Å². The van der Waals surface area contributed by atoms with Crippen molar-refractivity contribution in [3.05, 3.63) is 65.9 Å². The summed E-state index contributed by atoms with van der Waals surface area (Å²) in [6.07, 6.45) is 1.87. The average Bonchev–Trinajstić information content (AvgIpc) is 3.24. The second-order valence-electron chi connectivity index (χ2n) is 5.43. The number of ether oxygens (including phenoxy) is 2. The lowest BCUT2D eigenvalue weighted by Gasteiger charge is -2.07. The molecule has 1 aromatic heterocycles. The molecule has 0 bridgehead atoms.